The van der Waals surface area contributed by atoms with E-state index in [0.29, 0.717) is 6.04 Å². The van der Waals surface area contributed by atoms with E-state index in [2.05, 4.69) is 53.7 Å². The number of hydrogen-bond donors (Lipinski definition) is 1. The highest BCUT2D eigenvalue weighted by atomic mass is 15.5. The van der Waals surface area contributed by atoms with Gasteiger partial charge in [-0.25, -0.2) is 4.68 Å². The Labute approximate surface area is 120 Å². The maximum Gasteiger partial charge on any atom is 0.143 e. The Morgan fingerprint density at radius 3 is 2.80 bits per heavy atom. The van der Waals surface area contributed by atoms with E-state index >= 15 is 0 Å². The maximum absolute atomic E-state index is 3.92. The summed E-state index contributed by atoms with van der Waals surface area (Å²) in [6.45, 7) is 7.76. The van der Waals surface area contributed by atoms with Crippen LogP contribution in [0.4, 0.5) is 0 Å². The van der Waals surface area contributed by atoms with Crippen molar-refractivity contribution in [2.75, 3.05) is 6.54 Å². The third kappa shape index (κ3) is 4.13. The minimum absolute atomic E-state index is 0.332. The molecule has 0 bridgehead atoms. The summed E-state index contributed by atoms with van der Waals surface area (Å²) in [4.78, 5) is 0. The molecule has 1 atom stereocenters. The van der Waals surface area contributed by atoms with Crippen LogP contribution in [0, 0.1) is 5.92 Å². The van der Waals surface area contributed by atoms with Crippen molar-refractivity contribution in [3.05, 3.63) is 36.2 Å². The van der Waals surface area contributed by atoms with Gasteiger partial charge in [-0.1, -0.05) is 26.0 Å². The standard InChI is InChI=1S/C15H23N5/c1-12(2)6-5-9-16-13(3)14-7-4-8-15(10-14)20-11-17-18-19-20/h4,7-8,10-13,16H,5-6,9H2,1-3H3. The predicted octanol–water partition coefficient (Wildman–Crippen LogP) is 2.75. The first kappa shape index (κ1) is 14.7. The molecule has 5 heteroatoms. The van der Waals surface area contributed by atoms with Gasteiger partial charge in [0.25, 0.3) is 0 Å². The highest BCUT2D eigenvalue weighted by Crippen LogP contribution is 2.16. The van der Waals surface area contributed by atoms with Gasteiger partial charge in [-0.05, 0) is 60.4 Å². The fourth-order valence-corrected chi connectivity index (χ4v) is 2.16. The first-order chi connectivity index (χ1) is 9.66. The van der Waals surface area contributed by atoms with E-state index < -0.39 is 0 Å². The molecule has 1 N–H and O–H groups in total. The van der Waals surface area contributed by atoms with Gasteiger partial charge in [0.15, 0.2) is 0 Å². The van der Waals surface area contributed by atoms with Gasteiger partial charge in [-0.2, -0.15) is 0 Å². The Hall–Kier alpha value is -1.75. The number of nitrogens with zero attached hydrogens (tertiary/aromatic N) is 4. The molecule has 1 unspecified atom stereocenters. The lowest BCUT2D eigenvalue weighted by Crippen LogP contribution is -2.20. The van der Waals surface area contributed by atoms with Crippen molar-refractivity contribution in [2.24, 2.45) is 5.92 Å². The summed E-state index contributed by atoms with van der Waals surface area (Å²) in [5, 5.41) is 14.8. The molecular weight excluding hydrogens is 250 g/mol. The van der Waals surface area contributed by atoms with Gasteiger partial charge in [-0.3, -0.25) is 0 Å². The second-order valence-electron chi connectivity index (χ2n) is 5.56. The summed E-state index contributed by atoms with van der Waals surface area (Å²) >= 11 is 0. The van der Waals surface area contributed by atoms with Crippen LogP contribution >= 0.6 is 0 Å². The van der Waals surface area contributed by atoms with Crippen LogP contribution in [-0.2, 0) is 0 Å². The van der Waals surface area contributed by atoms with Crippen molar-refractivity contribution in [1.29, 1.82) is 0 Å². The van der Waals surface area contributed by atoms with Gasteiger partial charge < -0.3 is 5.32 Å². The van der Waals surface area contributed by atoms with Gasteiger partial charge in [0.1, 0.15) is 6.33 Å². The van der Waals surface area contributed by atoms with Gasteiger partial charge in [-0.15, -0.1) is 5.10 Å². The molecule has 1 heterocycles. The van der Waals surface area contributed by atoms with Gasteiger partial charge >= 0.3 is 0 Å². The molecule has 0 aliphatic rings. The van der Waals surface area contributed by atoms with Crippen LogP contribution in [0.3, 0.4) is 0 Å². The van der Waals surface area contributed by atoms with Crippen molar-refractivity contribution < 1.29 is 0 Å². The van der Waals surface area contributed by atoms with E-state index in [4.69, 9.17) is 0 Å². The highest BCUT2D eigenvalue weighted by Gasteiger charge is 2.06. The zero-order valence-corrected chi connectivity index (χ0v) is 12.5. The first-order valence-electron chi connectivity index (χ1n) is 7.23. The van der Waals surface area contributed by atoms with E-state index in [1.807, 2.05) is 12.1 Å². The average molecular weight is 273 g/mol. The van der Waals surface area contributed by atoms with E-state index in [9.17, 15) is 0 Å². The number of hydrogen-bond acceptors (Lipinski definition) is 4. The second-order valence-corrected chi connectivity index (χ2v) is 5.56. The summed E-state index contributed by atoms with van der Waals surface area (Å²) in [5.41, 5.74) is 2.24. The largest absolute Gasteiger partial charge is 0.310 e. The summed E-state index contributed by atoms with van der Waals surface area (Å²) in [7, 11) is 0. The molecule has 0 radical (unpaired) electrons. The normalized spacial score (nSPS) is 12.8. The van der Waals surface area contributed by atoms with E-state index in [1.54, 1.807) is 11.0 Å². The van der Waals surface area contributed by atoms with Crippen LogP contribution < -0.4 is 5.32 Å². The van der Waals surface area contributed by atoms with Gasteiger partial charge in [0.05, 0.1) is 5.69 Å². The summed E-state index contributed by atoms with van der Waals surface area (Å²) in [6.07, 6.45) is 4.10. The molecule has 0 saturated carbocycles. The van der Waals surface area contributed by atoms with Crippen molar-refractivity contribution in [3.8, 4) is 5.69 Å². The highest BCUT2D eigenvalue weighted by molar-refractivity contribution is 5.35. The van der Waals surface area contributed by atoms with Crippen molar-refractivity contribution in [1.82, 2.24) is 25.5 Å². The quantitative estimate of drug-likeness (QED) is 0.788. The van der Waals surface area contributed by atoms with Gasteiger partial charge in [0, 0.05) is 6.04 Å². The molecule has 1 aromatic carbocycles. The van der Waals surface area contributed by atoms with Crippen molar-refractivity contribution >= 4 is 0 Å². The third-order valence-electron chi connectivity index (χ3n) is 3.39. The minimum Gasteiger partial charge on any atom is -0.310 e. The van der Waals surface area contributed by atoms with E-state index in [-0.39, 0.29) is 0 Å². The lowest BCUT2D eigenvalue weighted by Gasteiger charge is -2.15. The molecule has 2 aromatic rings. The first-order valence-corrected chi connectivity index (χ1v) is 7.23. The fourth-order valence-electron chi connectivity index (χ4n) is 2.16. The molecule has 2 rings (SSSR count). The lowest BCUT2D eigenvalue weighted by molar-refractivity contribution is 0.497. The van der Waals surface area contributed by atoms with Crippen LogP contribution in [0.25, 0.3) is 5.69 Å². The van der Waals surface area contributed by atoms with Crippen LogP contribution in [0.5, 0.6) is 0 Å². The monoisotopic (exact) mass is 273 g/mol. The van der Waals surface area contributed by atoms with E-state index in [0.717, 1.165) is 18.2 Å². The molecule has 0 amide bonds. The Bertz CT molecular complexity index is 507. The Morgan fingerprint density at radius 1 is 1.25 bits per heavy atom. The Kier molecular flexibility index (Phi) is 5.24. The van der Waals surface area contributed by atoms with Crippen LogP contribution in [0.1, 0.15) is 45.2 Å². The van der Waals surface area contributed by atoms with Crippen molar-refractivity contribution in [3.63, 3.8) is 0 Å². The Balaban J connectivity index is 1.93. The molecule has 0 aliphatic heterocycles. The minimum atomic E-state index is 0.332. The van der Waals surface area contributed by atoms with E-state index in [1.165, 1.54) is 18.4 Å². The lowest BCUT2D eigenvalue weighted by atomic mass is 10.1. The number of nitrogens with one attached hydrogen (secondary N) is 1. The molecule has 0 aliphatic carbocycles. The molecule has 0 saturated heterocycles. The zero-order valence-electron chi connectivity index (χ0n) is 12.5. The number of rotatable bonds is 7. The maximum atomic E-state index is 3.92. The smallest absolute Gasteiger partial charge is 0.143 e. The zero-order chi connectivity index (χ0) is 14.4. The summed E-state index contributed by atoms with van der Waals surface area (Å²) in [5.74, 6) is 0.773. The molecule has 1 aromatic heterocycles. The number of tetrazole rings is 1. The topological polar surface area (TPSA) is 55.6 Å². The molecule has 0 fully saturated rings. The number of aromatic nitrogens is 4. The summed E-state index contributed by atoms with van der Waals surface area (Å²) in [6, 6.07) is 8.63. The predicted molar refractivity (Wildman–Crippen MR) is 79.6 cm³/mol. The van der Waals surface area contributed by atoms with Crippen LogP contribution in [-0.4, -0.2) is 26.8 Å². The number of benzene rings is 1. The Morgan fingerprint density at radius 2 is 2.10 bits per heavy atom. The van der Waals surface area contributed by atoms with Crippen molar-refractivity contribution in [2.45, 2.75) is 39.7 Å². The third-order valence-corrected chi connectivity index (χ3v) is 3.39. The SMILES string of the molecule is CC(C)CCCNC(C)c1cccc(-n2cnnn2)c1. The van der Waals surface area contributed by atoms with Crippen LogP contribution in [0.15, 0.2) is 30.6 Å². The fraction of sp³-hybridized carbons (Fsp3) is 0.533. The molecule has 20 heavy (non-hydrogen) atoms. The molecule has 0 spiro atoms. The second kappa shape index (κ2) is 7.14. The summed E-state index contributed by atoms with van der Waals surface area (Å²) < 4.78 is 1.68. The molecular formula is C15H23N5. The molecule has 108 valence electrons. The van der Waals surface area contributed by atoms with Crippen LogP contribution in [0.2, 0.25) is 0 Å². The molecule has 5 nitrogen and oxygen atoms in total. The van der Waals surface area contributed by atoms with Gasteiger partial charge in [0.2, 0.25) is 0 Å². The average Bonchev–Trinajstić information content (AvgIpc) is 2.97.